The number of hydrogen-bond acceptors (Lipinski definition) is 8. The summed E-state index contributed by atoms with van der Waals surface area (Å²) in [5.74, 6) is -0.549. The van der Waals surface area contributed by atoms with Crippen LogP contribution < -0.4 is 10.1 Å². The average molecular weight is 553 g/mol. The van der Waals surface area contributed by atoms with Gasteiger partial charge in [0.05, 0.1) is 28.0 Å². The van der Waals surface area contributed by atoms with Crippen LogP contribution in [0.3, 0.4) is 0 Å². The van der Waals surface area contributed by atoms with Gasteiger partial charge < -0.3 is 24.6 Å². The predicted octanol–water partition coefficient (Wildman–Crippen LogP) is 4.38. The molecule has 2 fully saturated rings. The van der Waals surface area contributed by atoms with Crippen molar-refractivity contribution < 1.29 is 37.3 Å². The molecule has 2 heterocycles. The molecule has 5 rings (SSSR count). The maximum absolute atomic E-state index is 13.4. The molecule has 2 aromatic carbocycles. The molecule has 3 aromatic rings. The average Bonchev–Trinajstić information content (AvgIpc) is 3.80. The van der Waals surface area contributed by atoms with E-state index in [1.807, 2.05) is 0 Å². The maximum atomic E-state index is 13.4. The highest BCUT2D eigenvalue weighted by atomic mass is 32.2. The standard InChI is InChI=1S/C28H28N2O8S/c31-27(30-25-11-6-22(17-29-25)37-21-3-1-2-19(16-21)28(32)33)26(38-20-12-14-36-15-13-20)18-4-7-23(8-5-18)39(34,35)24-9-10-24/h1-8,11,16-17,20,24,26H,9-10,12-15H2,(H,32,33)(H,29,30,31). The Morgan fingerprint density at radius 1 is 0.974 bits per heavy atom. The third kappa shape index (κ3) is 6.62. The first-order chi connectivity index (χ1) is 18.8. The molecule has 2 N–H and O–H groups in total. The van der Waals surface area contributed by atoms with Crippen molar-refractivity contribution in [1.29, 1.82) is 0 Å². The van der Waals surface area contributed by atoms with Crippen molar-refractivity contribution in [2.75, 3.05) is 18.5 Å². The summed E-state index contributed by atoms with van der Waals surface area (Å²) in [6.45, 7) is 1.08. The first kappa shape index (κ1) is 26.8. The number of aromatic nitrogens is 1. The first-order valence-electron chi connectivity index (χ1n) is 12.6. The molecule has 1 saturated heterocycles. The van der Waals surface area contributed by atoms with Gasteiger partial charge in [-0.3, -0.25) is 4.79 Å². The second kappa shape index (κ2) is 11.5. The summed E-state index contributed by atoms with van der Waals surface area (Å²) in [6, 6.07) is 15.5. The number of carbonyl (C=O) groups excluding carboxylic acids is 1. The Labute approximate surface area is 225 Å². The van der Waals surface area contributed by atoms with Crippen molar-refractivity contribution in [1.82, 2.24) is 4.98 Å². The molecule has 0 bridgehead atoms. The zero-order valence-corrected chi connectivity index (χ0v) is 21.8. The van der Waals surface area contributed by atoms with E-state index in [0.29, 0.717) is 56.0 Å². The van der Waals surface area contributed by atoms with E-state index in [9.17, 15) is 18.0 Å². The minimum atomic E-state index is -3.35. The Bertz CT molecular complexity index is 1430. The fourth-order valence-corrected chi connectivity index (χ4v) is 5.89. The predicted molar refractivity (Wildman–Crippen MR) is 141 cm³/mol. The summed E-state index contributed by atoms with van der Waals surface area (Å²) in [5, 5.41) is 11.6. The van der Waals surface area contributed by atoms with Crippen LogP contribution in [0.1, 0.15) is 47.7 Å². The van der Waals surface area contributed by atoms with Gasteiger partial charge in [-0.1, -0.05) is 18.2 Å². The van der Waals surface area contributed by atoms with Crippen molar-refractivity contribution in [2.24, 2.45) is 0 Å². The third-order valence-corrected chi connectivity index (χ3v) is 8.79. The Balaban J connectivity index is 1.30. The number of carboxylic acids is 1. The monoisotopic (exact) mass is 552 g/mol. The van der Waals surface area contributed by atoms with Gasteiger partial charge in [0.15, 0.2) is 15.9 Å². The molecule has 2 aliphatic rings. The fraction of sp³-hybridized carbons (Fsp3) is 0.321. The van der Waals surface area contributed by atoms with Crippen molar-refractivity contribution >= 4 is 27.5 Å². The van der Waals surface area contributed by atoms with E-state index in [4.69, 9.17) is 19.3 Å². The molecule has 39 heavy (non-hydrogen) atoms. The number of amides is 1. The second-order valence-corrected chi connectivity index (χ2v) is 11.7. The van der Waals surface area contributed by atoms with Gasteiger partial charge in [0.2, 0.25) is 0 Å². The summed E-state index contributed by atoms with van der Waals surface area (Å²) < 4.78 is 42.4. The van der Waals surface area contributed by atoms with Crippen LogP contribution in [0.5, 0.6) is 11.5 Å². The van der Waals surface area contributed by atoms with Gasteiger partial charge in [0, 0.05) is 13.2 Å². The Hall–Kier alpha value is -3.80. The Morgan fingerprint density at radius 3 is 2.36 bits per heavy atom. The number of aromatic carboxylic acids is 1. The molecule has 0 radical (unpaired) electrons. The summed E-state index contributed by atoms with van der Waals surface area (Å²) in [6.07, 6.45) is 2.88. The van der Waals surface area contributed by atoms with E-state index in [1.54, 1.807) is 36.4 Å². The van der Waals surface area contributed by atoms with Crippen molar-refractivity contribution in [3.8, 4) is 11.5 Å². The number of carboxylic acid groups (broad SMARTS) is 1. The number of nitrogens with zero attached hydrogens (tertiary/aromatic N) is 1. The summed E-state index contributed by atoms with van der Waals surface area (Å²) >= 11 is 0. The van der Waals surface area contributed by atoms with E-state index in [1.165, 1.54) is 30.5 Å². The van der Waals surface area contributed by atoms with Crippen molar-refractivity contribution in [2.45, 2.75) is 48.0 Å². The van der Waals surface area contributed by atoms with Crippen molar-refractivity contribution in [3.63, 3.8) is 0 Å². The number of pyridine rings is 1. The van der Waals surface area contributed by atoms with Crippen LogP contribution in [0.15, 0.2) is 71.8 Å². The maximum Gasteiger partial charge on any atom is 0.335 e. The number of sulfone groups is 1. The SMILES string of the molecule is O=C(O)c1cccc(Oc2ccc(NC(=O)C(OC3CCOCC3)c3ccc(S(=O)(=O)C4CC4)cc3)nc2)c1. The lowest BCUT2D eigenvalue weighted by Gasteiger charge is -2.27. The third-order valence-electron chi connectivity index (χ3n) is 6.51. The molecule has 1 aliphatic heterocycles. The van der Waals surface area contributed by atoms with Crippen LogP contribution in [-0.4, -0.2) is 55.0 Å². The molecule has 0 spiro atoms. The minimum Gasteiger partial charge on any atom is -0.478 e. The molecule has 11 heteroatoms. The number of benzene rings is 2. The zero-order chi connectivity index (χ0) is 27.4. The number of rotatable bonds is 10. The highest BCUT2D eigenvalue weighted by Crippen LogP contribution is 2.34. The molecule has 1 amide bonds. The number of hydrogen-bond donors (Lipinski definition) is 2. The van der Waals surface area contributed by atoms with Gasteiger partial charge in [-0.05, 0) is 73.7 Å². The quantitative estimate of drug-likeness (QED) is 0.375. The van der Waals surface area contributed by atoms with Gasteiger partial charge in [0.25, 0.3) is 5.91 Å². The molecule has 1 aromatic heterocycles. The zero-order valence-electron chi connectivity index (χ0n) is 21.0. The minimum absolute atomic E-state index is 0.0954. The van der Waals surface area contributed by atoms with E-state index < -0.39 is 27.8 Å². The van der Waals surface area contributed by atoms with E-state index >= 15 is 0 Å². The molecule has 10 nitrogen and oxygen atoms in total. The second-order valence-electron chi connectivity index (χ2n) is 9.44. The lowest BCUT2D eigenvalue weighted by molar-refractivity contribution is -0.136. The highest BCUT2D eigenvalue weighted by Gasteiger charge is 2.37. The van der Waals surface area contributed by atoms with Crippen molar-refractivity contribution in [3.05, 3.63) is 78.0 Å². The van der Waals surface area contributed by atoms with Gasteiger partial charge in [-0.2, -0.15) is 0 Å². The van der Waals surface area contributed by atoms with E-state index in [0.717, 1.165) is 0 Å². The largest absolute Gasteiger partial charge is 0.478 e. The van der Waals surface area contributed by atoms with E-state index in [2.05, 4.69) is 10.3 Å². The first-order valence-corrected chi connectivity index (χ1v) is 14.2. The fourth-order valence-electron chi connectivity index (χ4n) is 4.23. The normalized spacial score (nSPS) is 16.8. The lowest BCUT2D eigenvalue weighted by atomic mass is 10.1. The van der Waals surface area contributed by atoms with Crippen LogP contribution in [0.25, 0.3) is 0 Å². The molecule has 1 unspecified atom stereocenters. The molecule has 1 saturated carbocycles. The van der Waals surface area contributed by atoms with Gasteiger partial charge in [-0.15, -0.1) is 0 Å². The molecule has 1 atom stereocenters. The smallest absolute Gasteiger partial charge is 0.335 e. The highest BCUT2D eigenvalue weighted by molar-refractivity contribution is 7.92. The molecule has 204 valence electrons. The summed E-state index contributed by atoms with van der Waals surface area (Å²) in [7, 11) is -3.35. The van der Waals surface area contributed by atoms with Crippen LogP contribution in [-0.2, 0) is 24.1 Å². The van der Waals surface area contributed by atoms with Crippen LogP contribution >= 0.6 is 0 Å². The molecular weight excluding hydrogens is 524 g/mol. The number of anilines is 1. The van der Waals surface area contributed by atoms with Crippen LogP contribution in [0, 0.1) is 0 Å². The van der Waals surface area contributed by atoms with E-state index in [-0.39, 0.29) is 27.6 Å². The Kier molecular flexibility index (Phi) is 7.92. The number of ether oxygens (including phenoxy) is 3. The summed E-state index contributed by atoms with van der Waals surface area (Å²) in [4.78, 5) is 29.0. The van der Waals surface area contributed by atoms with Gasteiger partial charge >= 0.3 is 5.97 Å². The number of carbonyl (C=O) groups is 2. The van der Waals surface area contributed by atoms with Crippen LogP contribution in [0.4, 0.5) is 5.82 Å². The number of nitrogens with one attached hydrogen (secondary N) is 1. The Morgan fingerprint density at radius 2 is 1.72 bits per heavy atom. The van der Waals surface area contributed by atoms with Gasteiger partial charge in [0.1, 0.15) is 17.3 Å². The molecule has 1 aliphatic carbocycles. The van der Waals surface area contributed by atoms with Gasteiger partial charge in [-0.25, -0.2) is 18.2 Å². The summed E-state index contributed by atoms with van der Waals surface area (Å²) in [5.41, 5.74) is 0.630. The molecular formula is C28H28N2O8S. The topological polar surface area (TPSA) is 141 Å². The lowest BCUT2D eigenvalue weighted by Crippen LogP contribution is -2.31. The van der Waals surface area contributed by atoms with Crippen LogP contribution in [0.2, 0.25) is 0 Å².